The maximum atomic E-state index is 11.5. The van der Waals surface area contributed by atoms with Crippen molar-refractivity contribution < 1.29 is 14.3 Å². The number of aryl methyl sites for hydroxylation is 1. The molecule has 0 radical (unpaired) electrons. The highest BCUT2D eigenvalue weighted by Gasteiger charge is 2.35. The van der Waals surface area contributed by atoms with Crippen LogP contribution in [-0.4, -0.2) is 18.4 Å². The summed E-state index contributed by atoms with van der Waals surface area (Å²) in [5, 5.41) is 3.16. The fourth-order valence-electron chi connectivity index (χ4n) is 1.74. The number of cyclic esters (lactones) is 1. The summed E-state index contributed by atoms with van der Waals surface area (Å²) in [6.07, 6.45) is -0.853. The lowest BCUT2D eigenvalue weighted by Crippen LogP contribution is -2.24. The van der Waals surface area contributed by atoms with E-state index in [-0.39, 0.29) is 11.1 Å². The molecule has 1 aromatic carbocycles. The Labute approximate surface area is 117 Å². The number of hydrogen-bond acceptors (Lipinski definition) is 4. The van der Waals surface area contributed by atoms with Gasteiger partial charge in [-0.05, 0) is 32.4 Å². The zero-order chi connectivity index (χ0) is 14.0. The molecule has 1 N–H and O–H groups in total. The molecule has 0 aromatic heterocycles. The van der Waals surface area contributed by atoms with Gasteiger partial charge in [0.1, 0.15) is 5.70 Å². The van der Waals surface area contributed by atoms with Gasteiger partial charge in [-0.3, -0.25) is 0 Å². The van der Waals surface area contributed by atoms with E-state index in [2.05, 4.69) is 5.32 Å². The standard InChI is InChI=1S/C14H16ClNO3/c1-8(2)18-14-12(11(15)13(17)19-14)16-10-7-5-4-6-9(10)3/h4-8,14,16H,1-3H3/t14-/m1/s1. The molecule has 19 heavy (non-hydrogen) atoms. The number of carbonyl (C=O) groups is 1. The van der Waals surface area contributed by atoms with Crippen LogP contribution in [0.1, 0.15) is 19.4 Å². The second kappa shape index (κ2) is 5.63. The molecule has 0 unspecified atom stereocenters. The number of anilines is 1. The van der Waals surface area contributed by atoms with E-state index in [4.69, 9.17) is 21.1 Å². The third-order valence-electron chi connectivity index (χ3n) is 2.68. The van der Waals surface area contributed by atoms with Crippen LogP contribution in [-0.2, 0) is 14.3 Å². The van der Waals surface area contributed by atoms with Gasteiger partial charge >= 0.3 is 5.97 Å². The molecular formula is C14H16ClNO3. The summed E-state index contributed by atoms with van der Waals surface area (Å²) in [4.78, 5) is 11.5. The quantitative estimate of drug-likeness (QED) is 0.861. The summed E-state index contributed by atoms with van der Waals surface area (Å²) >= 11 is 5.97. The minimum absolute atomic E-state index is 0.0360. The molecule has 0 saturated heterocycles. The minimum atomic E-state index is -0.778. The zero-order valence-electron chi connectivity index (χ0n) is 11.1. The SMILES string of the molecule is Cc1ccccc1NC1=C(Cl)C(=O)O[C@H]1OC(C)C. The molecule has 0 saturated carbocycles. The van der Waals surface area contributed by atoms with Gasteiger partial charge in [0.2, 0.25) is 6.29 Å². The zero-order valence-corrected chi connectivity index (χ0v) is 11.8. The lowest BCUT2D eigenvalue weighted by atomic mass is 10.2. The monoisotopic (exact) mass is 281 g/mol. The number of carbonyl (C=O) groups excluding carboxylic acids is 1. The Morgan fingerprint density at radius 2 is 2.05 bits per heavy atom. The van der Waals surface area contributed by atoms with Gasteiger partial charge in [0, 0.05) is 5.69 Å². The first-order chi connectivity index (χ1) is 8.99. The van der Waals surface area contributed by atoms with E-state index in [1.54, 1.807) is 0 Å². The van der Waals surface area contributed by atoms with Crippen molar-refractivity contribution in [3.05, 3.63) is 40.6 Å². The lowest BCUT2D eigenvalue weighted by molar-refractivity contribution is -0.165. The van der Waals surface area contributed by atoms with Crippen LogP contribution >= 0.6 is 11.6 Å². The number of para-hydroxylation sites is 1. The van der Waals surface area contributed by atoms with Crippen molar-refractivity contribution >= 4 is 23.3 Å². The Balaban J connectivity index is 2.25. The van der Waals surface area contributed by atoms with Gasteiger partial charge in [0.15, 0.2) is 5.03 Å². The summed E-state index contributed by atoms with van der Waals surface area (Å²) in [6.45, 7) is 5.70. The van der Waals surface area contributed by atoms with E-state index in [0.717, 1.165) is 11.3 Å². The van der Waals surface area contributed by atoms with Gasteiger partial charge in [-0.15, -0.1) is 0 Å². The molecule has 4 nitrogen and oxygen atoms in total. The maximum Gasteiger partial charge on any atom is 0.354 e. The fourth-order valence-corrected chi connectivity index (χ4v) is 1.92. The van der Waals surface area contributed by atoms with E-state index in [1.807, 2.05) is 45.0 Å². The van der Waals surface area contributed by atoms with E-state index in [9.17, 15) is 4.79 Å². The van der Waals surface area contributed by atoms with Gasteiger partial charge < -0.3 is 14.8 Å². The van der Waals surface area contributed by atoms with Crippen molar-refractivity contribution in [3.63, 3.8) is 0 Å². The first-order valence-corrected chi connectivity index (χ1v) is 6.45. The van der Waals surface area contributed by atoms with Crippen molar-refractivity contribution in [2.75, 3.05) is 5.32 Å². The van der Waals surface area contributed by atoms with Crippen LogP contribution in [0.15, 0.2) is 35.0 Å². The lowest BCUT2D eigenvalue weighted by Gasteiger charge is -2.19. The number of ether oxygens (including phenoxy) is 2. The Hall–Kier alpha value is -1.52. The van der Waals surface area contributed by atoms with Gasteiger partial charge in [-0.1, -0.05) is 29.8 Å². The summed E-state index contributed by atoms with van der Waals surface area (Å²) in [5.41, 5.74) is 2.36. The molecular weight excluding hydrogens is 266 g/mol. The molecule has 0 amide bonds. The second-order valence-corrected chi connectivity index (χ2v) is 4.97. The molecule has 1 atom stereocenters. The number of esters is 1. The largest absolute Gasteiger partial charge is 0.425 e. The summed E-state index contributed by atoms with van der Waals surface area (Å²) in [5.74, 6) is -0.566. The van der Waals surface area contributed by atoms with E-state index < -0.39 is 12.3 Å². The van der Waals surface area contributed by atoms with Crippen LogP contribution in [0.25, 0.3) is 0 Å². The van der Waals surface area contributed by atoms with E-state index >= 15 is 0 Å². The van der Waals surface area contributed by atoms with Crippen molar-refractivity contribution in [1.82, 2.24) is 0 Å². The molecule has 1 aromatic rings. The third-order valence-corrected chi connectivity index (χ3v) is 3.03. The van der Waals surface area contributed by atoms with Gasteiger partial charge in [0.05, 0.1) is 6.10 Å². The molecule has 0 fully saturated rings. The number of hydrogen-bond donors (Lipinski definition) is 1. The van der Waals surface area contributed by atoms with Crippen LogP contribution in [0, 0.1) is 6.92 Å². The Morgan fingerprint density at radius 3 is 2.68 bits per heavy atom. The average Bonchev–Trinajstić information content (AvgIpc) is 2.59. The highest BCUT2D eigenvalue weighted by molar-refractivity contribution is 6.42. The summed E-state index contributed by atoms with van der Waals surface area (Å²) < 4.78 is 10.6. The topological polar surface area (TPSA) is 47.6 Å². The minimum Gasteiger partial charge on any atom is -0.425 e. The molecule has 0 bridgehead atoms. The number of benzene rings is 1. The molecule has 0 aliphatic carbocycles. The molecule has 5 heteroatoms. The first-order valence-electron chi connectivity index (χ1n) is 6.08. The van der Waals surface area contributed by atoms with Crippen molar-refractivity contribution in [2.24, 2.45) is 0 Å². The van der Waals surface area contributed by atoms with Crippen LogP contribution in [0.2, 0.25) is 0 Å². The van der Waals surface area contributed by atoms with Gasteiger partial charge in [0.25, 0.3) is 0 Å². The Kier molecular flexibility index (Phi) is 4.12. The third kappa shape index (κ3) is 3.08. The Bertz CT molecular complexity index is 525. The van der Waals surface area contributed by atoms with Crippen molar-refractivity contribution in [1.29, 1.82) is 0 Å². The fraction of sp³-hybridized carbons (Fsp3) is 0.357. The highest BCUT2D eigenvalue weighted by atomic mass is 35.5. The smallest absolute Gasteiger partial charge is 0.354 e. The van der Waals surface area contributed by atoms with Crippen molar-refractivity contribution in [2.45, 2.75) is 33.2 Å². The number of nitrogens with one attached hydrogen (secondary N) is 1. The summed E-state index contributed by atoms with van der Waals surface area (Å²) in [6, 6.07) is 7.71. The van der Waals surface area contributed by atoms with Gasteiger partial charge in [-0.25, -0.2) is 4.79 Å². The highest BCUT2D eigenvalue weighted by Crippen LogP contribution is 2.29. The summed E-state index contributed by atoms with van der Waals surface area (Å²) in [7, 11) is 0. The van der Waals surface area contributed by atoms with Crippen LogP contribution in [0.5, 0.6) is 0 Å². The van der Waals surface area contributed by atoms with Crippen LogP contribution in [0.4, 0.5) is 5.69 Å². The normalized spacial score (nSPS) is 19.0. The number of halogens is 1. The molecule has 0 spiro atoms. The van der Waals surface area contributed by atoms with E-state index in [1.165, 1.54) is 0 Å². The first kappa shape index (κ1) is 13.9. The maximum absolute atomic E-state index is 11.5. The van der Waals surface area contributed by atoms with Crippen LogP contribution in [0.3, 0.4) is 0 Å². The molecule has 1 aliphatic heterocycles. The van der Waals surface area contributed by atoms with E-state index in [0.29, 0.717) is 5.70 Å². The molecule has 1 aliphatic rings. The van der Waals surface area contributed by atoms with Gasteiger partial charge in [-0.2, -0.15) is 0 Å². The molecule has 2 rings (SSSR count). The molecule has 1 heterocycles. The number of rotatable bonds is 4. The molecule has 102 valence electrons. The van der Waals surface area contributed by atoms with Crippen LogP contribution < -0.4 is 5.32 Å². The second-order valence-electron chi connectivity index (χ2n) is 4.59. The predicted molar refractivity (Wildman–Crippen MR) is 73.8 cm³/mol. The van der Waals surface area contributed by atoms with Crippen molar-refractivity contribution in [3.8, 4) is 0 Å². The average molecular weight is 282 g/mol. The Morgan fingerprint density at radius 1 is 1.37 bits per heavy atom. The predicted octanol–water partition coefficient (Wildman–Crippen LogP) is 3.17.